The number of carboxylic acids is 1. The van der Waals surface area contributed by atoms with Gasteiger partial charge < -0.3 is 25.0 Å². The van der Waals surface area contributed by atoms with E-state index in [0.717, 1.165) is 0 Å². The predicted octanol–water partition coefficient (Wildman–Crippen LogP) is 0.100. The highest BCUT2D eigenvalue weighted by Gasteiger charge is 2.44. The van der Waals surface area contributed by atoms with Crippen LogP contribution in [0.5, 0.6) is 0 Å². The summed E-state index contributed by atoms with van der Waals surface area (Å²) in [5.41, 5.74) is 0.0564. The number of imidazole rings is 1. The third-order valence-corrected chi connectivity index (χ3v) is 5.06. The van der Waals surface area contributed by atoms with E-state index >= 15 is 0 Å². The maximum absolute atomic E-state index is 12.4. The van der Waals surface area contributed by atoms with Crippen molar-refractivity contribution in [3.05, 3.63) is 58.4 Å². The predicted molar refractivity (Wildman–Crippen MR) is 101 cm³/mol. The molecule has 0 bridgehead atoms. The van der Waals surface area contributed by atoms with Gasteiger partial charge in [-0.2, -0.15) is 0 Å². The Bertz CT molecular complexity index is 1170. The quantitative estimate of drug-likeness (QED) is 0.409. The Morgan fingerprint density at radius 1 is 1.17 bits per heavy atom. The summed E-state index contributed by atoms with van der Waals surface area (Å²) in [6.45, 7) is 0. The molecule has 2 aromatic heterocycles. The number of hydrogen-bond donors (Lipinski definition) is 4. The summed E-state index contributed by atoms with van der Waals surface area (Å²) < 4.78 is 7.11. The lowest BCUT2D eigenvalue weighted by atomic mass is 10.00. The fourth-order valence-electron chi connectivity index (χ4n) is 3.49. The number of aromatic nitrogens is 4. The molecule has 1 saturated heterocycles. The van der Waals surface area contributed by atoms with Crippen LogP contribution < -0.4 is 5.56 Å². The molecule has 11 nitrogen and oxygen atoms in total. The highest BCUT2D eigenvalue weighted by atomic mass is 16.6. The lowest BCUT2D eigenvalue weighted by Crippen LogP contribution is -2.31. The van der Waals surface area contributed by atoms with Crippen LogP contribution in [-0.2, 0) is 4.74 Å². The molecular weight excluding hydrogens is 396 g/mol. The first-order chi connectivity index (χ1) is 14.4. The van der Waals surface area contributed by atoms with Crippen LogP contribution in [0.3, 0.4) is 0 Å². The number of ketones is 1. The number of carboxylic acid groups (broad SMARTS) is 1. The highest BCUT2D eigenvalue weighted by Crippen LogP contribution is 2.33. The van der Waals surface area contributed by atoms with Gasteiger partial charge in [0.1, 0.15) is 12.2 Å². The minimum Gasteiger partial charge on any atom is -0.478 e. The number of carbonyl (C=O) groups is 2. The molecule has 1 fully saturated rings. The van der Waals surface area contributed by atoms with Gasteiger partial charge in [-0.15, -0.1) is 0 Å². The molecule has 0 amide bonds. The van der Waals surface area contributed by atoms with Crippen LogP contribution >= 0.6 is 0 Å². The molecule has 4 N–H and O–H groups in total. The zero-order valence-electron chi connectivity index (χ0n) is 15.5. The number of aliphatic hydroxyl groups excluding tert-OH is 2. The van der Waals surface area contributed by atoms with Crippen molar-refractivity contribution in [2.75, 3.05) is 0 Å². The van der Waals surface area contributed by atoms with Gasteiger partial charge >= 0.3 is 5.97 Å². The molecule has 0 spiro atoms. The van der Waals surface area contributed by atoms with Crippen LogP contribution in [0.15, 0.2) is 41.7 Å². The molecule has 0 saturated carbocycles. The fraction of sp³-hybridized carbons (Fsp3) is 0.316. The van der Waals surface area contributed by atoms with Crippen LogP contribution in [0.1, 0.15) is 39.8 Å². The molecule has 1 aliphatic rings. The molecular formula is C19H18N4O7. The van der Waals surface area contributed by atoms with Crippen molar-refractivity contribution in [3.8, 4) is 0 Å². The molecule has 11 heteroatoms. The summed E-state index contributed by atoms with van der Waals surface area (Å²) in [6.07, 6.45) is -1.91. The number of Topliss-reactive ketones (excluding diaryl/α,β-unsaturated/α-hetero) is 1. The molecule has 3 heterocycles. The lowest BCUT2D eigenvalue weighted by molar-refractivity contribution is -0.0369. The van der Waals surface area contributed by atoms with Crippen LogP contribution in [0.2, 0.25) is 0 Å². The largest absolute Gasteiger partial charge is 0.478 e. The van der Waals surface area contributed by atoms with Gasteiger partial charge in [0.2, 0.25) is 0 Å². The van der Waals surface area contributed by atoms with E-state index in [-0.39, 0.29) is 40.9 Å². The number of aromatic amines is 1. The van der Waals surface area contributed by atoms with Crippen molar-refractivity contribution in [3.63, 3.8) is 0 Å². The van der Waals surface area contributed by atoms with Gasteiger partial charge in [0.05, 0.1) is 24.3 Å². The van der Waals surface area contributed by atoms with Crippen LogP contribution in [0, 0.1) is 0 Å². The second-order valence-electron chi connectivity index (χ2n) is 6.95. The SMILES string of the molecule is O=C(O)c1cccc(C(=O)CC[C@H]2O[C@@H](n3cnc4c(=O)[nH]cnc43)[C@H](O)[C@@H]2O)c1. The summed E-state index contributed by atoms with van der Waals surface area (Å²) in [7, 11) is 0. The first-order valence-electron chi connectivity index (χ1n) is 9.15. The van der Waals surface area contributed by atoms with Crippen molar-refractivity contribution in [2.45, 2.75) is 37.4 Å². The molecule has 0 radical (unpaired) electrons. The number of nitrogens with zero attached hydrogens (tertiary/aromatic N) is 3. The Morgan fingerprint density at radius 2 is 1.93 bits per heavy atom. The van der Waals surface area contributed by atoms with Crippen molar-refractivity contribution in [1.82, 2.24) is 19.5 Å². The van der Waals surface area contributed by atoms with Crippen molar-refractivity contribution in [1.29, 1.82) is 0 Å². The first kappa shape index (κ1) is 19.9. The summed E-state index contributed by atoms with van der Waals surface area (Å²) >= 11 is 0. The monoisotopic (exact) mass is 414 g/mol. The molecule has 3 aromatic rings. The molecule has 1 aromatic carbocycles. The number of ether oxygens (including phenoxy) is 1. The summed E-state index contributed by atoms with van der Waals surface area (Å²) in [4.78, 5) is 45.7. The molecule has 4 atom stereocenters. The number of H-pyrrole nitrogens is 1. The molecule has 1 aliphatic heterocycles. The first-order valence-corrected chi connectivity index (χ1v) is 9.15. The van der Waals surface area contributed by atoms with Crippen LogP contribution in [0.25, 0.3) is 11.2 Å². The normalized spacial score (nSPS) is 23.7. The van der Waals surface area contributed by atoms with Gasteiger partial charge in [-0.1, -0.05) is 12.1 Å². The third kappa shape index (κ3) is 3.49. The minimum absolute atomic E-state index is 0.00274. The summed E-state index contributed by atoms with van der Waals surface area (Å²) in [5.74, 6) is -1.45. The van der Waals surface area contributed by atoms with Crippen LogP contribution in [-0.4, -0.2) is 64.9 Å². The Balaban J connectivity index is 1.48. The smallest absolute Gasteiger partial charge is 0.335 e. The molecule has 0 aliphatic carbocycles. The Kier molecular flexibility index (Phi) is 5.16. The third-order valence-electron chi connectivity index (χ3n) is 5.06. The lowest BCUT2D eigenvalue weighted by Gasteiger charge is -2.16. The van der Waals surface area contributed by atoms with Crippen LogP contribution in [0.4, 0.5) is 0 Å². The Morgan fingerprint density at radius 3 is 2.70 bits per heavy atom. The number of carbonyl (C=O) groups excluding carboxylic acids is 1. The van der Waals surface area contributed by atoms with Gasteiger partial charge in [-0.25, -0.2) is 14.8 Å². The van der Waals surface area contributed by atoms with E-state index in [4.69, 9.17) is 9.84 Å². The van der Waals surface area contributed by atoms with Gasteiger partial charge in [0, 0.05) is 12.0 Å². The van der Waals surface area contributed by atoms with Gasteiger partial charge in [-0.05, 0) is 18.6 Å². The van der Waals surface area contributed by atoms with Gasteiger partial charge in [-0.3, -0.25) is 14.2 Å². The van der Waals surface area contributed by atoms with Crippen molar-refractivity contribution in [2.24, 2.45) is 0 Å². The van der Waals surface area contributed by atoms with E-state index in [0.29, 0.717) is 0 Å². The topological polar surface area (TPSA) is 168 Å². The van der Waals surface area contributed by atoms with Gasteiger partial charge in [0.25, 0.3) is 5.56 Å². The number of nitrogens with one attached hydrogen (secondary N) is 1. The number of benzene rings is 1. The number of aliphatic hydroxyl groups is 2. The fourth-order valence-corrected chi connectivity index (χ4v) is 3.49. The molecule has 0 unspecified atom stereocenters. The zero-order valence-corrected chi connectivity index (χ0v) is 15.5. The number of hydrogen-bond acceptors (Lipinski definition) is 8. The maximum atomic E-state index is 12.4. The van der Waals surface area contributed by atoms with E-state index in [9.17, 15) is 24.6 Å². The average molecular weight is 414 g/mol. The molecule has 30 heavy (non-hydrogen) atoms. The van der Waals surface area contributed by atoms with E-state index in [1.807, 2.05) is 0 Å². The Hall–Kier alpha value is -3.41. The number of fused-ring (bicyclic) bond motifs is 1. The summed E-state index contributed by atoms with van der Waals surface area (Å²) in [6, 6.07) is 5.67. The molecule has 156 valence electrons. The second-order valence-corrected chi connectivity index (χ2v) is 6.95. The van der Waals surface area contributed by atoms with E-state index in [2.05, 4.69) is 15.0 Å². The highest BCUT2D eigenvalue weighted by molar-refractivity contribution is 5.98. The Labute approximate surface area is 168 Å². The average Bonchev–Trinajstić information content (AvgIpc) is 3.29. The van der Waals surface area contributed by atoms with E-state index < -0.39 is 36.1 Å². The van der Waals surface area contributed by atoms with E-state index in [1.54, 1.807) is 0 Å². The van der Waals surface area contributed by atoms with Crippen molar-refractivity contribution >= 4 is 22.9 Å². The second kappa shape index (κ2) is 7.78. The number of aromatic carboxylic acids is 1. The molecule has 4 rings (SSSR count). The van der Waals surface area contributed by atoms with E-state index in [1.165, 1.54) is 41.5 Å². The standard InChI is InChI=1S/C19H18N4O7/c24-11(9-2-1-3-10(6-9)19(28)29)4-5-12-14(25)15(26)18(30-12)23-8-22-13-16(23)20-7-21-17(13)27/h1-3,6-8,12,14-15,18,25-26H,4-5H2,(H,28,29)(H,20,21,27)/t12-,14-,15-,18-/m1/s1. The number of rotatable bonds is 6. The summed E-state index contributed by atoms with van der Waals surface area (Å²) in [5, 5.41) is 29.8. The maximum Gasteiger partial charge on any atom is 0.335 e. The minimum atomic E-state index is -1.32. The van der Waals surface area contributed by atoms with Gasteiger partial charge in [0.15, 0.2) is 23.2 Å². The zero-order chi connectivity index (χ0) is 21.4. The van der Waals surface area contributed by atoms with Crippen molar-refractivity contribution < 1.29 is 29.6 Å².